The van der Waals surface area contributed by atoms with Crippen molar-refractivity contribution in [1.82, 2.24) is 5.32 Å². The van der Waals surface area contributed by atoms with Gasteiger partial charge in [-0.3, -0.25) is 0 Å². The van der Waals surface area contributed by atoms with E-state index in [4.69, 9.17) is 9.47 Å². The molecule has 4 heteroatoms. The fourth-order valence-electron chi connectivity index (χ4n) is 2.34. The van der Waals surface area contributed by atoms with Crippen molar-refractivity contribution in [2.45, 2.75) is 31.1 Å². The summed E-state index contributed by atoms with van der Waals surface area (Å²) in [6.07, 6.45) is 1.89. The molecule has 3 nitrogen and oxygen atoms in total. The zero-order valence-corrected chi connectivity index (χ0v) is 10.9. The van der Waals surface area contributed by atoms with Crippen LogP contribution in [-0.4, -0.2) is 33.1 Å². The van der Waals surface area contributed by atoms with E-state index in [1.807, 2.05) is 6.07 Å². The first-order chi connectivity index (χ1) is 8.72. The van der Waals surface area contributed by atoms with E-state index in [0.717, 1.165) is 18.4 Å². The van der Waals surface area contributed by atoms with Crippen molar-refractivity contribution in [3.8, 4) is 0 Å². The lowest BCUT2D eigenvalue weighted by molar-refractivity contribution is -0.101. The molecule has 0 amide bonds. The molecule has 0 radical (unpaired) electrons. The first-order valence-electron chi connectivity index (χ1n) is 6.27. The third-order valence-electron chi connectivity index (χ3n) is 3.56. The Morgan fingerprint density at radius 3 is 2.67 bits per heavy atom. The van der Waals surface area contributed by atoms with E-state index < -0.39 is 0 Å². The van der Waals surface area contributed by atoms with Gasteiger partial charge in [0.2, 0.25) is 0 Å². The average molecular weight is 253 g/mol. The van der Waals surface area contributed by atoms with Gasteiger partial charge in [-0.05, 0) is 36.5 Å². The Balaban J connectivity index is 1.74. The number of halogens is 1. The van der Waals surface area contributed by atoms with Crippen LogP contribution in [-0.2, 0) is 9.47 Å². The third-order valence-corrected chi connectivity index (χ3v) is 3.56. The third kappa shape index (κ3) is 3.28. The lowest BCUT2D eigenvalue weighted by atomic mass is 9.76. The first kappa shape index (κ1) is 13.5. The Hall–Kier alpha value is -0.970. The molecule has 0 aromatic heterocycles. The van der Waals surface area contributed by atoms with E-state index >= 15 is 0 Å². The maximum absolute atomic E-state index is 13.1. The molecular formula is C14H20FNO2. The molecule has 1 N–H and O–H groups in total. The predicted molar refractivity (Wildman–Crippen MR) is 68.0 cm³/mol. The number of hydrogen-bond donors (Lipinski definition) is 1. The van der Waals surface area contributed by atoms with Crippen molar-refractivity contribution >= 4 is 0 Å². The van der Waals surface area contributed by atoms with Crippen molar-refractivity contribution in [3.63, 3.8) is 0 Å². The second-order valence-corrected chi connectivity index (χ2v) is 4.73. The van der Waals surface area contributed by atoms with Gasteiger partial charge in [0.25, 0.3) is 0 Å². The molecule has 1 aromatic rings. The normalized spacial score (nSPS) is 23.1. The Morgan fingerprint density at radius 1 is 1.33 bits per heavy atom. The summed E-state index contributed by atoms with van der Waals surface area (Å²) in [7, 11) is 3.26. The maximum Gasteiger partial charge on any atom is 0.169 e. The first-order valence-corrected chi connectivity index (χ1v) is 6.27. The fraction of sp³-hybridized carbons (Fsp3) is 0.571. The van der Waals surface area contributed by atoms with E-state index in [2.05, 4.69) is 5.32 Å². The largest absolute Gasteiger partial charge is 0.355 e. The molecule has 1 saturated carbocycles. The van der Waals surface area contributed by atoms with Gasteiger partial charge in [0.1, 0.15) is 5.82 Å². The molecule has 0 spiro atoms. The summed E-state index contributed by atoms with van der Waals surface area (Å²) in [6, 6.07) is 7.37. The summed E-state index contributed by atoms with van der Waals surface area (Å²) in [5.41, 5.74) is 1.10. The van der Waals surface area contributed by atoms with Crippen molar-refractivity contribution in [2.24, 2.45) is 0 Å². The summed E-state index contributed by atoms with van der Waals surface area (Å²) in [6.45, 7) is 0.688. The quantitative estimate of drug-likeness (QED) is 0.789. The Labute approximate surface area is 107 Å². The van der Waals surface area contributed by atoms with Gasteiger partial charge in [-0.15, -0.1) is 0 Å². The summed E-state index contributed by atoms with van der Waals surface area (Å²) in [5, 5.41) is 3.39. The zero-order valence-electron chi connectivity index (χ0n) is 10.9. The Bertz CT molecular complexity index is 376. The molecule has 1 aliphatic carbocycles. The summed E-state index contributed by atoms with van der Waals surface area (Å²) < 4.78 is 23.3. The number of benzene rings is 1. The SMILES string of the molecule is COC(CNC1CC(c2cccc(F)c2)C1)OC. The minimum Gasteiger partial charge on any atom is -0.355 e. The topological polar surface area (TPSA) is 30.5 Å². The van der Waals surface area contributed by atoms with Crippen LogP contribution in [0.4, 0.5) is 4.39 Å². The highest BCUT2D eigenvalue weighted by Gasteiger charge is 2.30. The Kier molecular flexibility index (Phi) is 4.69. The number of ether oxygens (including phenoxy) is 2. The van der Waals surface area contributed by atoms with Gasteiger partial charge in [-0.2, -0.15) is 0 Å². The highest BCUT2D eigenvalue weighted by Crippen LogP contribution is 2.36. The van der Waals surface area contributed by atoms with Crippen LogP contribution in [0.15, 0.2) is 24.3 Å². The highest BCUT2D eigenvalue weighted by atomic mass is 19.1. The van der Waals surface area contributed by atoms with Gasteiger partial charge in [-0.25, -0.2) is 4.39 Å². The van der Waals surface area contributed by atoms with Crippen molar-refractivity contribution < 1.29 is 13.9 Å². The summed E-state index contributed by atoms with van der Waals surface area (Å²) in [4.78, 5) is 0. The lowest BCUT2D eigenvalue weighted by Gasteiger charge is -2.37. The van der Waals surface area contributed by atoms with Gasteiger partial charge in [-0.1, -0.05) is 12.1 Å². The number of rotatable bonds is 6. The molecule has 1 aromatic carbocycles. The van der Waals surface area contributed by atoms with Crippen LogP contribution < -0.4 is 5.32 Å². The minimum atomic E-state index is -0.196. The average Bonchev–Trinajstić information content (AvgIpc) is 2.32. The highest BCUT2D eigenvalue weighted by molar-refractivity contribution is 5.23. The monoisotopic (exact) mass is 253 g/mol. The molecule has 0 atom stereocenters. The molecule has 18 heavy (non-hydrogen) atoms. The van der Waals surface area contributed by atoms with Gasteiger partial charge < -0.3 is 14.8 Å². The van der Waals surface area contributed by atoms with Gasteiger partial charge in [0.15, 0.2) is 6.29 Å². The van der Waals surface area contributed by atoms with Crippen LogP contribution >= 0.6 is 0 Å². The molecule has 2 rings (SSSR count). The number of methoxy groups -OCH3 is 2. The molecule has 1 fully saturated rings. The molecule has 0 saturated heterocycles. The smallest absolute Gasteiger partial charge is 0.169 e. The van der Waals surface area contributed by atoms with Gasteiger partial charge in [0.05, 0.1) is 0 Å². The van der Waals surface area contributed by atoms with E-state index in [-0.39, 0.29) is 12.1 Å². The van der Waals surface area contributed by atoms with Gasteiger partial charge >= 0.3 is 0 Å². The molecular weight excluding hydrogens is 233 g/mol. The lowest BCUT2D eigenvalue weighted by Crippen LogP contribution is -2.44. The number of nitrogens with one attached hydrogen (secondary N) is 1. The van der Waals surface area contributed by atoms with Crippen molar-refractivity contribution in [2.75, 3.05) is 20.8 Å². The minimum absolute atomic E-state index is 0.150. The van der Waals surface area contributed by atoms with Crippen molar-refractivity contribution in [3.05, 3.63) is 35.6 Å². The Morgan fingerprint density at radius 2 is 2.06 bits per heavy atom. The molecule has 100 valence electrons. The van der Waals surface area contributed by atoms with E-state index in [9.17, 15) is 4.39 Å². The van der Waals surface area contributed by atoms with Crippen LogP contribution in [0, 0.1) is 5.82 Å². The van der Waals surface area contributed by atoms with Crippen LogP contribution in [0.5, 0.6) is 0 Å². The summed E-state index contributed by atoms with van der Waals surface area (Å²) in [5.74, 6) is 0.324. The predicted octanol–water partition coefficient (Wildman–Crippen LogP) is 2.28. The van der Waals surface area contributed by atoms with Crippen molar-refractivity contribution in [1.29, 1.82) is 0 Å². The van der Waals surface area contributed by atoms with E-state index in [1.165, 1.54) is 6.07 Å². The molecule has 0 unspecified atom stereocenters. The molecule has 0 heterocycles. The second-order valence-electron chi connectivity index (χ2n) is 4.73. The maximum atomic E-state index is 13.1. The van der Waals surface area contributed by atoms with Crippen LogP contribution in [0.2, 0.25) is 0 Å². The van der Waals surface area contributed by atoms with Crippen LogP contribution in [0.25, 0.3) is 0 Å². The van der Waals surface area contributed by atoms with Gasteiger partial charge in [0, 0.05) is 26.8 Å². The standard InChI is InChI=1S/C14H20FNO2/c1-17-14(18-2)9-16-13-7-11(8-13)10-4-3-5-12(15)6-10/h3-6,11,13-14,16H,7-9H2,1-2H3. The summed E-state index contributed by atoms with van der Waals surface area (Å²) >= 11 is 0. The zero-order chi connectivity index (χ0) is 13.0. The van der Waals surface area contributed by atoms with Crippen LogP contribution in [0.3, 0.4) is 0 Å². The van der Waals surface area contributed by atoms with Crippen LogP contribution in [0.1, 0.15) is 24.3 Å². The molecule has 0 bridgehead atoms. The van der Waals surface area contributed by atoms with E-state index in [1.54, 1.807) is 26.4 Å². The molecule has 0 aliphatic heterocycles. The molecule has 1 aliphatic rings. The number of hydrogen-bond acceptors (Lipinski definition) is 3. The van der Waals surface area contributed by atoms with E-state index in [0.29, 0.717) is 18.5 Å². The second kappa shape index (κ2) is 6.27. The fourth-order valence-corrected chi connectivity index (χ4v) is 2.34.